The second-order valence-corrected chi connectivity index (χ2v) is 6.65. The topological polar surface area (TPSA) is 95.5 Å². The zero-order valence-electron chi connectivity index (χ0n) is 16.2. The van der Waals surface area contributed by atoms with Gasteiger partial charge < -0.3 is 18.9 Å². The molecule has 9 heteroatoms. The highest BCUT2D eigenvalue weighted by molar-refractivity contribution is 5.80. The van der Waals surface area contributed by atoms with Gasteiger partial charge in [0.2, 0.25) is 5.91 Å². The lowest BCUT2D eigenvalue weighted by atomic mass is 10.1. The van der Waals surface area contributed by atoms with Gasteiger partial charge in [0, 0.05) is 18.2 Å². The molecule has 3 aromatic rings. The predicted octanol–water partition coefficient (Wildman–Crippen LogP) is 1.88. The van der Waals surface area contributed by atoms with E-state index in [0.29, 0.717) is 42.0 Å². The van der Waals surface area contributed by atoms with Crippen molar-refractivity contribution < 1.29 is 18.8 Å². The number of nitrogens with zero attached hydrogens (tertiary/aromatic N) is 5. The van der Waals surface area contributed by atoms with Crippen LogP contribution in [0, 0.1) is 6.92 Å². The van der Waals surface area contributed by atoms with Crippen LogP contribution >= 0.6 is 0 Å². The van der Waals surface area contributed by atoms with Crippen LogP contribution in [0.25, 0.3) is 11.6 Å². The number of aromatic nitrogens is 4. The van der Waals surface area contributed by atoms with Gasteiger partial charge in [0.05, 0.1) is 39.4 Å². The Morgan fingerprint density at radius 3 is 2.75 bits per heavy atom. The molecule has 1 aliphatic rings. The molecule has 0 bridgehead atoms. The number of benzene rings is 1. The van der Waals surface area contributed by atoms with E-state index in [1.54, 1.807) is 36.8 Å². The molecule has 0 aliphatic carbocycles. The van der Waals surface area contributed by atoms with Crippen molar-refractivity contribution in [3.05, 3.63) is 40.8 Å². The maximum atomic E-state index is 13.0. The van der Waals surface area contributed by atoms with Crippen molar-refractivity contribution in [1.29, 1.82) is 0 Å². The molecule has 1 aliphatic heterocycles. The van der Waals surface area contributed by atoms with Crippen LogP contribution < -0.4 is 9.47 Å². The summed E-state index contributed by atoms with van der Waals surface area (Å²) in [5.41, 5.74) is 3.33. The Hall–Kier alpha value is -3.36. The zero-order valence-corrected chi connectivity index (χ0v) is 16.2. The minimum Gasteiger partial charge on any atom is -0.497 e. The first-order valence-corrected chi connectivity index (χ1v) is 8.84. The summed E-state index contributed by atoms with van der Waals surface area (Å²) >= 11 is 0. The second-order valence-electron chi connectivity index (χ2n) is 6.65. The fourth-order valence-corrected chi connectivity index (χ4v) is 3.43. The standard InChI is InChI=1S/C19H21N5O4/c1-11-20-19(28-22-11)18-14-9-24(10-15(14)23(2)21-18)17(25)8-12-7-13(26-3)5-6-16(12)27-4/h5-7H,8-10H2,1-4H3. The van der Waals surface area contributed by atoms with Gasteiger partial charge in [-0.2, -0.15) is 10.1 Å². The lowest BCUT2D eigenvalue weighted by Crippen LogP contribution is -2.28. The van der Waals surface area contributed by atoms with E-state index in [0.717, 1.165) is 16.8 Å². The highest BCUT2D eigenvalue weighted by Crippen LogP contribution is 2.32. The summed E-state index contributed by atoms with van der Waals surface area (Å²) in [6.07, 6.45) is 0.219. The fraction of sp³-hybridized carbons (Fsp3) is 0.368. The summed E-state index contributed by atoms with van der Waals surface area (Å²) < 4.78 is 17.7. The number of fused-ring (bicyclic) bond motifs is 1. The van der Waals surface area contributed by atoms with Crippen molar-refractivity contribution in [1.82, 2.24) is 24.8 Å². The van der Waals surface area contributed by atoms with Crippen LogP contribution in [0.4, 0.5) is 0 Å². The first-order chi connectivity index (χ1) is 13.5. The van der Waals surface area contributed by atoms with Crippen molar-refractivity contribution in [2.24, 2.45) is 7.05 Å². The lowest BCUT2D eigenvalue weighted by molar-refractivity contribution is -0.131. The molecule has 146 valence electrons. The molecule has 0 saturated carbocycles. The van der Waals surface area contributed by atoms with Gasteiger partial charge in [0.25, 0.3) is 5.89 Å². The van der Waals surface area contributed by atoms with Gasteiger partial charge in [-0.3, -0.25) is 9.48 Å². The van der Waals surface area contributed by atoms with E-state index in [1.807, 2.05) is 19.2 Å². The molecular formula is C19H21N5O4. The number of hydrogen-bond donors (Lipinski definition) is 0. The smallest absolute Gasteiger partial charge is 0.278 e. The molecular weight excluding hydrogens is 362 g/mol. The van der Waals surface area contributed by atoms with Gasteiger partial charge >= 0.3 is 0 Å². The number of carbonyl (C=O) groups is 1. The summed E-state index contributed by atoms with van der Waals surface area (Å²) in [4.78, 5) is 19.0. The molecule has 0 radical (unpaired) electrons. The number of methoxy groups -OCH3 is 2. The third-order valence-corrected chi connectivity index (χ3v) is 4.88. The van der Waals surface area contributed by atoms with Crippen LogP contribution in [0.2, 0.25) is 0 Å². The summed E-state index contributed by atoms with van der Waals surface area (Å²) in [5.74, 6) is 2.26. The zero-order chi connectivity index (χ0) is 19.8. The third kappa shape index (κ3) is 3.08. The second kappa shape index (κ2) is 6.99. The minimum absolute atomic E-state index is 0.00425. The number of rotatable bonds is 5. The number of hydrogen-bond acceptors (Lipinski definition) is 7. The quantitative estimate of drug-likeness (QED) is 0.664. The summed E-state index contributed by atoms with van der Waals surface area (Å²) in [6, 6.07) is 5.44. The van der Waals surface area contributed by atoms with Gasteiger partial charge in [-0.05, 0) is 25.1 Å². The molecule has 1 aromatic carbocycles. The van der Waals surface area contributed by atoms with Crippen LogP contribution in [-0.4, -0.2) is 44.9 Å². The van der Waals surface area contributed by atoms with Crippen LogP contribution in [-0.2, 0) is 31.4 Å². The molecule has 9 nitrogen and oxygen atoms in total. The van der Waals surface area contributed by atoms with Gasteiger partial charge in [-0.1, -0.05) is 5.16 Å². The van der Waals surface area contributed by atoms with E-state index >= 15 is 0 Å². The van der Waals surface area contributed by atoms with E-state index < -0.39 is 0 Å². The lowest BCUT2D eigenvalue weighted by Gasteiger charge is -2.17. The monoisotopic (exact) mass is 383 g/mol. The average molecular weight is 383 g/mol. The number of carbonyl (C=O) groups excluding carboxylic acids is 1. The van der Waals surface area contributed by atoms with Crippen LogP contribution in [0.15, 0.2) is 22.7 Å². The molecule has 0 unspecified atom stereocenters. The maximum absolute atomic E-state index is 13.0. The highest BCUT2D eigenvalue weighted by Gasteiger charge is 2.32. The van der Waals surface area contributed by atoms with Gasteiger partial charge in [-0.15, -0.1) is 0 Å². The Kier molecular flexibility index (Phi) is 4.50. The molecule has 1 amide bonds. The van der Waals surface area contributed by atoms with E-state index in [2.05, 4.69) is 15.2 Å². The SMILES string of the molecule is COc1ccc(OC)c(CC(=O)N2Cc3c(-c4nc(C)no4)nn(C)c3C2)c1. The molecule has 0 spiro atoms. The van der Waals surface area contributed by atoms with E-state index in [4.69, 9.17) is 14.0 Å². The van der Waals surface area contributed by atoms with E-state index in [1.165, 1.54) is 0 Å². The van der Waals surface area contributed by atoms with Gasteiger partial charge in [0.1, 0.15) is 11.5 Å². The summed E-state index contributed by atoms with van der Waals surface area (Å²) in [6.45, 7) is 2.69. The van der Waals surface area contributed by atoms with Gasteiger partial charge in [-0.25, -0.2) is 0 Å². The average Bonchev–Trinajstić information content (AvgIpc) is 3.38. The van der Waals surface area contributed by atoms with Crippen molar-refractivity contribution in [3.8, 4) is 23.1 Å². The Bertz CT molecular complexity index is 1040. The van der Waals surface area contributed by atoms with Crippen molar-refractivity contribution in [2.75, 3.05) is 14.2 Å². The largest absolute Gasteiger partial charge is 0.497 e. The highest BCUT2D eigenvalue weighted by atomic mass is 16.5. The molecule has 0 atom stereocenters. The van der Waals surface area contributed by atoms with Crippen molar-refractivity contribution in [3.63, 3.8) is 0 Å². The Balaban J connectivity index is 1.56. The van der Waals surface area contributed by atoms with Crippen LogP contribution in [0.1, 0.15) is 22.6 Å². The molecule has 28 heavy (non-hydrogen) atoms. The van der Waals surface area contributed by atoms with E-state index in [-0.39, 0.29) is 12.3 Å². The molecule has 0 N–H and O–H groups in total. The predicted molar refractivity (Wildman–Crippen MR) is 98.7 cm³/mol. The van der Waals surface area contributed by atoms with Crippen molar-refractivity contribution in [2.45, 2.75) is 26.4 Å². The molecule has 0 saturated heterocycles. The van der Waals surface area contributed by atoms with Gasteiger partial charge in [0.15, 0.2) is 11.5 Å². The van der Waals surface area contributed by atoms with Crippen LogP contribution in [0.5, 0.6) is 11.5 Å². The normalized spacial score (nSPS) is 12.9. The molecule has 4 rings (SSSR count). The summed E-state index contributed by atoms with van der Waals surface area (Å²) in [5, 5.41) is 8.32. The fourth-order valence-electron chi connectivity index (χ4n) is 3.43. The van der Waals surface area contributed by atoms with Crippen molar-refractivity contribution >= 4 is 5.91 Å². The molecule has 3 heterocycles. The van der Waals surface area contributed by atoms with E-state index in [9.17, 15) is 4.79 Å². The van der Waals surface area contributed by atoms with Crippen LogP contribution in [0.3, 0.4) is 0 Å². The Morgan fingerprint density at radius 2 is 2.07 bits per heavy atom. The Morgan fingerprint density at radius 1 is 1.25 bits per heavy atom. The first-order valence-electron chi connectivity index (χ1n) is 8.84. The number of aryl methyl sites for hydroxylation is 2. The third-order valence-electron chi connectivity index (χ3n) is 4.88. The number of amides is 1. The molecule has 0 fully saturated rings. The summed E-state index contributed by atoms with van der Waals surface area (Å²) in [7, 11) is 5.04. The first kappa shape index (κ1) is 18.0. The Labute approximate surface area is 161 Å². The minimum atomic E-state index is -0.00425. The molecule has 2 aromatic heterocycles. The number of ether oxygens (including phenoxy) is 2. The maximum Gasteiger partial charge on any atom is 0.278 e.